The number of methoxy groups -OCH3 is 1. The van der Waals surface area contributed by atoms with Gasteiger partial charge in [0.05, 0.1) is 23.3 Å². The predicted octanol–water partition coefficient (Wildman–Crippen LogP) is 2.81. The molecule has 3 rings (SSSR count). The highest BCUT2D eigenvalue weighted by Crippen LogP contribution is 2.31. The zero-order chi connectivity index (χ0) is 19.4. The Bertz CT molecular complexity index is 949. The van der Waals surface area contributed by atoms with E-state index in [0.717, 1.165) is 11.8 Å². The zero-order valence-corrected chi connectivity index (χ0v) is 16.1. The predicted molar refractivity (Wildman–Crippen MR) is 99.4 cm³/mol. The smallest absolute Gasteiger partial charge is 0.298 e. The maximum Gasteiger partial charge on any atom is 0.298 e. The van der Waals surface area contributed by atoms with Gasteiger partial charge in [0, 0.05) is 17.2 Å². The number of anilines is 1. The normalized spacial score (nSPS) is 11.8. The number of nitrogens with one attached hydrogen (secondary N) is 1. The summed E-state index contributed by atoms with van der Waals surface area (Å²) >= 11 is 7.04. The van der Waals surface area contributed by atoms with E-state index in [-0.39, 0.29) is 10.9 Å². The van der Waals surface area contributed by atoms with Gasteiger partial charge in [0.25, 0.3) is 5.03 Å². The average molecular weight is 406 g/mol. The van der Waals surface area contributed by atoms with Crippen LogP contribution in [0.15, 0.2) is 58.1 Å². The molecule has 27 heavy (non-hydrogen) atoms. The lowest BCUT2D eigenvalue weighted by Crippen LogP contribution is -2.36. The van der Waals surface area contributed by atoms with Gasteiger partial charge >= 0.3 is 0 Å². The number of carbonyl (C=O) groups is 1. The van der Waals surface area contributed by atoms with E-state index in [1.165, 1.54) is 11.8 Å². The summed E-state index contributed by atoms with van der Waals surface area (Å²) in [6, 6.07) is 14.0. The molecule has 1 aromatic heterocycles. The Morgan fingerprint density at radius 2 is 2.07 bits per heavy atom. The minimum Gasteiger partial charge on any atom is -0.538 e. The van der Waals surface area contributed by atoms with Gasteiger partial charge < -0.3 is 19.7 Å². The van der Waals surface area contributed by atoms with Crippen molar-refractivity contribution in [2.24, 2.45) is 0 Å². The first-order valence-corrected chi connectivity index (χ1v) is 9.21. The molecule has 9 heteroatoms. The Morgan fingerprint density at radius 3 is 2.78 bits per heavy atom. The van der Waals surface area contributed by atoms with Gasteiger partial charge in [-0.15, -0.1) is 0 Å². The number of amides is 1. The number of hydrogen-bond donors (Lipinski definition) is 1. The number of nitrogens with zero attached hydrogens (tertiary/aromatic N) is 2. The van der Waals surface area contributed by atoms with Crippen LogP contribution in [0, 0.1) is 0 Å². The number of hydrogen-bond acceptors (Lipinski definition) is 6. The third-order valence-corrected chi connectivity index (χ3v) is 5.02. The molecule has 7 nitrogen and oxygen atoms in total. The molecule has 140 valence electrons. The average Bonchev–Trinajstić information content (AvgIpc) is 3.03. The Balaban J connectivity index is 1.78. The summed E-state index contributed by atoms with van der Waals surface area (Å²) in [6.45, 7) is 1.68. The summed E-state index contributed by atoms with van der Waals surface area (Å²) in [5.74, 6) is -0.441. The number of halogens is 1. The maximum atomic E-state index is 12.6. The molecule has 1 unspecified atom stereocenters. The van der Waals surface area contributed by atoms with Crippen molar-refractivity contribution in [3.05, 3.63) is 53.6 Å². The SMILES string of the molecule is COc1ccc(Cl)cc1NC(=O)C(C)Sc1c([O-])on[n+]1-c1ccccc1. The van der Waals surface area contributed by atoms with Crippen molar-refractivity contribution < 1.29 is 23.8 Å². The summed E-state index contributed by atoms with van der Waals surface area (Å²) in [5.41, 5.74) is 1.11. The molecule has 1 amide bonds. The molecule has 0 fully saturated rings. The van der Waals surface area contributed by atoms with E-state index in [4.69, 9.17) is 20.9 Å². The van der Waals surface area contributed by atoms with Crippen molar-refractivity contribution >= 4 is 35.0 Å². The van der Waals surface area contributed by atoms with E-state index < -0.39 is 11.2 Å². The van der Waals surface area contributed by atoms with Crippen LogP contribution in [0.4, 0.5) is 5.69 Å². The summed E-state index contributed by atoms with van der Waals surface area (Å²) in [7, 11) is 1.50. The van der Waals surface area contributed by atoms with Gasteiger partial charge in [-0.2, -0.15) is 0 Å². The molecule has 0 saturated heterocycles. The number of carbonyl (C=O) groups excluding carboxylic acids is 1. The minimum atomic E-state index is -0.608. The highest BCUT2D eigenvalue weighted by Gasteiger charge is 2.27. The lowest BCUT2D eigenvalue weighted by molar-refractivity contribution is -0.705. The zero-order valence-electron chi connectivity index (χ0n) is 14.5. The third kappa shape index (κ3) is 4.35. The van der Waals surface area contributed by atoms with Crippen LogP contribution in [0.3, 0.4) is 0 Å². The van der Waals surface area contributed by atoms with Crippen molar-refractivity contribution in [2.75, 3.05) is 12.4 Å². The van der Waals surface area contributed by atoms with Crippen LogP contribution in [0.25, 0.3) is 5.69 Å². The van der Waals surface area contributed by atoms with Gasteiger partial charge in [0.1, 0.15) is 5.75 Å². The monoisotopic (exact) mass is 405 g/mol. The van der Waals surface area contributed by atoms with Crippen LogP contribution in [-0.2, 0) is 4.79 Å². The highest BCUT2D eigenvalue weighted by molar-refractivity contribution is 8.00. The first-order chi connectivity index (χ1) is 13.0. The summed E-state index contributed by atoms with van der Waals surface area (Å²) in [5, 5.41) is 18.6. The van der Waals surface area contributed by atoms with Crippen LogP contribution >= 0.6 is 23.4 Å². The maximum absolute atomic E-state index is 12.6. The fourth-order valence-electron chi connectivity index (χ4n) is 2.31. The molecule has 2 aromatic carbocycles. The molecule has 0 aliphatic heterocycles. The van der Waals surface area contributed by atoms with Crippen LogP contribution in [0.2, 0.25) is 5.02 Å². The number of aromatic nitrogens is 2. The summed E-state index contributed by atoms with van der Waals surface area (Å²) in [4.78, 5) is 12.6. The quantitative estimate of drug-likeness (QED) is 0.501. The molecule has 0 spiro atoms. The fourth-order valence-corrected chi connectivity index (χ4v) is 3.35. The molecular weight excluding hydrogens is 390 g/mol. The van der Waals surface area contributed by atoms with Gasteiger partial charge in [-0.05, 0) is 41.6 Å². The molecule has 1 atom stereocenters. The molecule has 0 radical (unpaired) electrons. The molecule has 1 heterocycles. The molecule has 3 aromatic rings. The second-order valence-electron chi connectivity index (χ2n) is 5.51. The highest BCUT2D eigenvalue weighted by atomic mass is 35.5. The Morgan fingerprint density at radius 1 is 1.33 bits per heavy atom. The number of para-hydroxylation sites is 1. The number of rotatable bonds is 6. The Hall–Kier alpha value is -2.71. The molecule has 1 N–H and O–H groups in total. The van der Waals surface area contributed by atoms with Crippen LogP contribution in [-0.4, -0.2) is 23.5 Å². The molecule has 0 aliphatic rings. The lowest BCUT2D eigenvalue weighted by Gasteiger charge is -2.13. The van der Waals surface area contributed by atoms with Crippen molar-refractivity contribution in [1.29, 1.82) is 0 Å². The molecule has 0 saturated carbocycles. The standard InChI is InChI=1S/C18H16ClN3O4S/c1-11(16(23)20-14-10-12(19)8-9-15(14)25-2)27-17-18(24)26-21-22(17)13-6-4-3-5-7-13/h3-11H,1-2H3,(H-,20,21,23,24). The number of thioether (sulfide) groups is 1. The van der Waals surface area contributed by atoms with Crippen molar-refractivity contribution in [3.8, 4) is 17.4 Å². The van der Waals surface area contributed by atoms with Gasteiger partial charge in [-0.1, -0.05) is 29.8 Å². The first kappa shape index (κ1) is 19.1. The topological polar surface area (TPSA) is 91.3 Å². The van der Waals surface area contributed by atoms with Crippen molar-refractivity contribution in [2.45, 2.75) is 17.2 Å². The molecule has 0 aliphatic carbocycles. The van der Waals surface area contributed by atoms with E-state index in [1.807, 2.05) is 18.2 Å². The second-order valence-corrected chi connectivity index (χ2v) is 7.27. The fraction of sp³-hybridized carbons (Fsp3) is 0.167. The Kier molecular flexibility index (Phi) is 5.88. The van der Waals surface area contributed by atoms with Crippen LogP contribution < -0.4 is 19.8 Å². The van der Waals surface area contributed by atoms with Crippen molar-refractivity contribution in [1.82, 2.24) is 5.27 Å². The number of ether oxygens (including phenoxy) is 1. The lowest BCUT2D eigenvalue weighted by atomic mass is 10.3. The van der Waals surface area contributed by atoms with Crippen LogP contribution in [0.5, 0.6) is 11.7 Å². The van der Waals surface area contributed by atoms with Gasteiger partial charge in [0.2, 0.25) is 11.6 Å². The third-order valence-electron chi connectivity index (χ3n) is 3.65. The van der Waals surface area contributed by atoms with E-state index >= 15 is 0 Å². The summed E-state index contributed by atoms with van der Waals surface area (Å²) in [6.07, 6.45) is 0. The van der Waals surface area contributed by atoms with Gasteiger partial charge in [-0.3, -0.25) is 4.79 Å². The van der Waals surface area contributed by atoms with E-state index in [2.05, 4.69) is 10.6 Å². The molecular formula is C18H16ClN3O4S. The second kappa shape index (κ2) is 8.32. The van der Waals surface area contributed by atoms with Gasteiger partial charge in [-0.25, -0.2) is 0 Å². The first-order valence-electron chi connectivity index (χ1n) is 7.95. The minimum absolute atomic E-state index is 0.210. The van der Waals surface area contributed by atoms with Crippen molar-refractivity contribution in [3.63, 3.8) is 0 Å². The van der Waals surface area contributed by atoms with E-state index in [9.17, 15) is 9.90 Å². The van der Waals surface area contributed by atoms with E-state index in [0.29, 0.717) is 22.1 Å². The Labute approximate surface area is 164 Å². The largest absolute Gasteiger partial charge is 0.538 e. The number of benzene rings is 2. The van der Waals surface area contributed by atoms with Gasteiger partial charge in [0.15, 0.2) is 5.95 Å². The molecule has 0 bridgehead atoms. The summed E-state index contributed by atoms with van der Waals surface area (Å²) < 4.78 is 11.4. The van der Waals surface area contributed by atoms with E-state index in [1.54, 1.807) is 37.3 Å². The van der Waals surface area contributed by atoms with Crippen LogP contribution in [0.1, 0.15) is 6.92 Å².